The van der Waals surface area contributed by atoms with Crippen molar-refractivity contribution in [3.8, 4) is 5.75 Å². The maximum atomic E-state index is 13.9. The van der Waals surface area contributed by atoms with Crippen molar-refractivity contribution in [2.24, 2.45) is 12.8 Å². The highest BCUT2D eigenvalue weighted by Gasteiger charge is 2.07. The van der Waals surface area contributed by atoms with E-state index in [1.807, 2.05) is 30.8 Å². The maximum absolute atomic E-state index is 13.9. The molecule has 2 N–H and O–H groups in total. The minimum atomic E-state index is -0.344. The first-order valence-electron chi connectivity index (χ1n) is 6.69. The number of aromatic nitrogens is 2. The van der Waals surface area contributed by atoms with Crippen LogP contribution in [0.2, 0.25) is 0 Å². The minimum absolute atomic E-state index is 0.0181. The molecular formula is C15H20FN3O. The molecule has 0 fully saturated rings. The third kappa shape index (κ3) is 3.81. The zero-order valence-electron chi connectivity index (χ0n) is 11.8. The van der Waals surface area contributed by atoms with Crippen molar-refractivity contribution in [3.63, 3.8) is 0 Å². The first-order chi connectivity index (χ1) is 9.56. The fraction of sp³-hybridized carbons (Fsp3) is 0.400. The number of imidazole rings is 1. The Labute approximate surface area is 118 Å². The lowest BCUT2D eigenvalue weighted by Gasteiger charge is -2.10. The molecule has 4 nitrogen and oxygen atoms in total. The molecule has 2 rings (SSSR count). The lowest BCUT2D eigenvalue weighted by molar-refractivity contribution is 0.301. The van der Waals surface area contributed by atoms with Crippen molar-refractivity contribution in [1.29, 1.82) is 0 Å². The fourth-order valence-corrected chi connectivity index (χ4v) is 2.05. The molecular weight excluding hydrogens is 257 g/mol. The first kappa shape index (κ1) is 14.5. The predicted octanol–water partition coefficient (Wildman–Crippen LogP) is 2.07. The maximum Gasteiger partial charge on any atom is 0.165 e. The van der Waals surface area contributed by atoms with E-state index < -0.39 is 0 Å². The van der Waals surface area contributed by atoms with Gasteiger partial charge in [-0.25, -0.2) is 9.37 Å². The number of hydrogen-bond donors (Lipinski definition) is 1. The summed E-state index contributed by atoms with van der Waals surface area (Å²) < 4.78 is 21.2. The Morgan fingerprint density at radius 3 is 2.85 bits per heavy atom. The van der Waals surface area contributed by atoms with Crippen LogP contribution in [0.4, 0.5) is 4.39 Å². The van der Waals surface area contributed by atoms with Crippen LogP contribution in [0, 0.1) is 5.82 Å². The quantitative estimate of drug-likeness (QED) is 0.879. The Hall–Kier alpha value is -1.88. The fourth-order valence-electron chi connectivity index (χ4n) is 2.05. The van der Waals surface area contributed by atoms with Gasteiger partial charge in [-0.15, -0.1) is 0 Å². The molecule has 5 heteroatoms. The molecule has 1 unspecified atom stereocenters. The van der Waals surface area contributed by atoms with Crippen LogP contribution in [0.3, 0.4) is 0 Å². The third-order valence-electron chi connectivity index (χ3n) is 3.06. The normalized spacial score (nSPS) is 12.4. The SMILES string of the molecule is CC(N)Cc1ccc(OCCc2nccn2C)c(F)c1. The summed E-state index contributed by atoms with van der Waals surface area (Å²) in [4.78, 5) is 4.19. The largest absolute Gasteiger partial charge is 0.490 e. The Morgan fingerprint density at radius 2 is 2.25 bits per heavy atom. The van der Waals surface area contributed by atoms with Crippen molar-refractivity contribution in [3.05, 3.63) is 47.8 Å². The summed E-state index contributed by atoms with van der Waals surface area (Å²) >= 11 is 0. The number of ether oxygens (including phenoxy) is 1. The second-order valence-corrected chi connectivity index (χ2v) is 5.00. The summed E-state index contributed by atoms with van der Waals surface area (Å²) in [5.74, 6) is 0.842. The molecule has 0 spiro atoms. The van der Waals surface area contributed by atoms with Crippen LogP contribution in [0.5, 0.6) is 5.75 Å². The molecule has 0 saturated carbocycles. The zero-order chi connectivity index (χ0) is 14.5. The van der Waals surface area contributed by atoms with Crippen LogP contribution in [0.25, 0.3) is 0 Å². The zero-order valence-corrected chi connectivity index (χ0v) is 11.8. The standard InChI is InChI=1S/C15H20FN3O/c1-11(17)9-12-3-4-14(13(16)10-12)20-8-5-15-18-6-7-19(15)2/h3-4,6-7,10-11H,5,8-9,17H2,1-2H3. The summed E-state index contributed by atoms with van der Waals surface area (Å²) in [6.07, 6.45) is 4.91. The van der Waals surface area contributed by atoms with E-state index in [2.05, 4.69) is 4.98 Å². The van der Waals surface area contributed by atoms with Gasteiger partial charge in [0.15, 0.2) is 11.6 Å². The van der Waals surface area contributed by atoms with Crippen molar-refractivity contribution in [2.45, 2.75) is 25.8 Å². The monoisotopic (exact) mass is 277 g/mol. The van der Waals surface area contributed by atoms with Crippen LogP contribution in [0.15, 0.2) is 30.6 Å². The van der Waals surface area contributed by atoms with Gasteiger partial charge in [0, 0.05) is 31.9 Å². The van der Waals surface area contributed by atoms with Crippen LogP contribution in [0.1, 0.15) is 18.3 Å². The van der Waals surface area contributed by atoms with E-state index in [-0.39, 0.29) is 17.6 Å². The van der Waals surface area contributed by atoms with E-state index in [1.54, 1.807) is 12.3 Å². The molecule has 0 bridgehead atoms. The molecule has 0 aliphatic carbocycles. The van der Waals surface area contributed by atoms with Gasteiger partial charge in [-0.3, -0.25) is 0 Å². The van der Waals surface area contributed by atoms with Gasteiger partial charge in [-0.1, -0.05) is 6.07 Å². The molecule has 2 aromatic rings. The molecule has 20 heavy (non-hydrogen) atoms. The molecule has 0 saturated heterocycles. The van der Waals surface area contributed by atoms with Gasteiger partial charge in [-0.2, -0.15) is 0 Å². The van der Waals surface area contributed by atoms with Crippen molar-refractivity contribution in [1.82, 2.24) is 9.55 Å². The second-order valence-electron chi connectivity index (χ2n) is 5.00. The Balaban J connectivity index is 1.91. The highest BCUT2D eigenvalue weighted by molar-refractivity contribution is 5.29. The number of nitrogens with two attached hydrogens (primary N) is 1. The first-order valence-corrected chi connectivity index (χ1v) is 6.69. The topological polar surface area (TPSA) is 53.1 Å². The number of rotatable bonds is 6. The van der Waals surface area contributed by atoms with Gasteiger partial charge < -0.3 is 15.0 Å². The van der Waals surface area contributed by atoms with Gasteiger partial charge in [-0.05, 0) is 31.0 Å². The van der Waals surface area contributed by atoms with Gasteiger partial charge in [0.1, 0.15) is 5.82 Å². The van der Waals surface area contributed by atoms with Crippen molar-refractivity contribution >= 4 is 0 Å². The van der Waals surface area contributed by atoms with Crippen LogP contribution < -0.4 is 10.5 Å². The molecule has 0 aliphatic heterocycles. The lowest BCUT2D eigenvalue weighted by atomic mass is 10.1. The minimum Gasteiger partial charge on any atom is -0.490 e. The lowest BCUT2D eigenvalue weighted by Crippen LogP contribution is -2.17. The van der Waals surface area contributed by atoms with E-state index in [4.69, 9.17) is 10.5 Å². The van der Waals surface area contributed by atoms with Gasteiger partial charge in [0.05, 0.1) is 6.61 Å². The molecule has 1 heterocycles. The highest BCUT2D eigenvalue weighted by Crippen LogP contribution is 2.19. The third-order valence-corrected chi connectivity index (χ3v) is 3.06. The van der Waals surface area contributed by atoms with Gasteiger partial charge in [0.2, 0.25) is 0 Å². The molecule has 0 aliphatic rings. The Kier molecular flexibility index (Phi) is 4.74. The highest BCUT2D eigenvalue weighted by atomic mass is 19.1. The van der Waals surface area contributed by atoms with E-state index in [0.717, 1.165) is 11.4 Å². The van der Waals surface area contributed by atoms with E-state index in [9.17, 15) is 4.39 Å². The van der Waals surface area contributed by atoms with Crippen LogP contribution in [-0.4, -0.2) is 22.2 Å². The Bertz CT molecular complexity index is 566. The van der Waals surface area contributed by atoms with Crippen LogP contribution in [-0.2, 0) is 19.9 Å². The average Bonchev–Trinajstić information content (AvgIpc) is 2.77. The number of hydrogen-bond acceptors (Lipinski definition) is 3. The molecule has 108 valence electrons. The average molecular weight is 277 g/mol. The van der Waals surface area contributed by atoms with Gasteiger partial charge in [0.25, 0.3) is 0 Å². The van der Waals surface area contributed by atoms with E-state index in [0.29, 0.717) is 19.4 Å². The van der Waals surface area contributed by atoms with Crippen LogP contribution >= 0.6 is 0 Å². The van der Waals surface area contributed by atoms with E-state index >= 15 is 0 Å². The molecule has 1 atom stereocenters. The Morgan fingerprint density at radius 1 is 1.45 bits per heavy atom. The van der Waals surface area contributed by atoms with E-state index in [1.165, 1.54) is 6.07 Å². The number of halogens is 1. The smallest absolute Gasteiger partial charge is 0.165 e. The molecule has 1 aromatic heterocycles. The number of nitrogens with zero attached hydrogens (tertiary/aromatic N) is 2. The van der Waals surface area contributed by atoms with Crippen molar-refractivity contribution in [2.75, 3.05) is 6.61 Å². The van der Waals surface area contributed by atoms with Crippen molar-refractivity contribution < 1.29 is 9.13 Å². The summed E-state index contributed by atoms with van der Waals surface area (Å²) in [6.45, 7) is 2.30. The molecule has 0 amide bonds. The number of aryl methyl sites for hydroxylation is 1. The molecule has 1 aromatic carbocycles. The summed E-state index contributed by atoms with van der Waals surface area (Å²) in [5.41, 5.74) is 6.58. The summed E-state index contributed by atoms with van der Waals surface area (Å²) in [6, 6.07) is 5.01. The molecule has 0 radical (unpaired) electrons. The predicted molar refractivity (Wildman–Crippen MR) is 76.2 cm³/mol. The van der Waals surface area contributed by atoms with Gasteiger partial charge >= 0.3 is 0 Å². The second kappa shape index (κ2) is 6.52. The number of benzene rings is 1. The summed E-state index contributed by atoms with van der Waals surface area (Å²) in [7, 11) is 1.92. The summed E-state index contributed by atoms with van der Waals surface area (Å²) in [5, 5.41) is 0.